The normalized spacial score (nSPS) is 26.4. The Morgan fingerprint density at radius 3 is 2.38 bits per heavy atom. The van der Waals surface area contributed by atoms with E-state index in [2.05, 4.69) is 26.0 Å². The summed E-state index contributed by atoms with van der Waals surface area (Å²) >= 11 is 0. The van der Waals surface area contributed by atoms with Crippen molar-refractivity contribution >= 4 is 0 Å². The minimum absolute atomic E-state index is 0.190. The second-order valence-corrected chi connectivity index (χ2v) is 5.20. The zero-order chi connectivity index (χ0) is 11.5. The van der Waals surface area contributed by atoms with Gasteiger partial charge in [-0.05, 0) is 32.6 Å². The highest BCUT2D eigenvalue weighted by Gasteiger charge is 2.58. The highest BCUT2D eigenvalue weighted by Crippen LogP contribution is 2.58. The summed E-state index contributed by atoms with van der Waals surface area (Å²) in [4.78, 5) is 0. The van der Waals surface area contributed by atoms with Crippen molar-refractivity contribution in [3.8, 4) is 0 Å². The van der Waals surface area contributed by atoms with E-state index in [-0.39, 0.29) is 11.2 Å². The largest absolute Gasteiger partial charge is 0.347 e. The van der Waals surface area contributed by atoms with Crippen molar-refractivity contribution < 1.29 is 9.47 Å². The molecule has 0 atom stereocenters. The van der Waals surface area contributed by atoms with E-state index in [0.29, 0.717) is 0 Å². The molecule has 1 saturated heterocycles. The first-order valence-corrected chi connectivity index (χ1v) is 6.68. The third-order valence-corrected chi connectivity index (χ3v) is 3.94. The van der Waals surface area contributed by atoms with Gasteiger partial charge in [0.2, 0.25) is 0 Å². The van der Waals surface area contributed by atoms with Crippen molar-refractivity contribution in [2.24, 2.45) is 5.41 Å². The van der Waals surface area contributed by atoms with Crippen LogP contribution in [0.4, 0.5) is 0 Å². The number of allylic oxidation sites excluding steroid dienone is 1. The average Bonchev–Trinajstić information content (AvgIpc) is 2.95. The second kappa shape index (κ2) is 4.89. The number of hydrogen-bond acceptors (Lipinski definition) is 2. The molecule has 2 aliphatic rings. The third-order valence-electron chi connectivity index (χ3n) is 3.94. The van der Waals surface area contributed by atoms with Crippen LogP contribution in [0, 0.1) is 5.41 Å². The summed E-state index contributed by atoms with van der Waals surface area (Å²) in [5.74, 6) is -0.339. The summed E-state index contributed by atoms with van der Waals surface area (Å²) in [6, 6.07) is 0. The Labute approximate surface area is 99.0 Å². The van der Waals surface area contributed by atoms with Crippen LogP contribution in [0.25, 0.3) is 0 Å². The Hall–Kier alpha value is -0.340. The summed E-state index contributed by atoms with van der Waals surface area (Å²) in [7, 11) is 0. The molecule has 0 aromatic rings. The molecule has 2 fully saturated rings. The average molecular weight is 224 g/mol. The van der Waals surface area contributed by atoms with Crippen LogP contribution in [0.3, 0.4) is 0 Å². The van der Waals surface area contributed by atoms with Crippen LogP contribution in [0.15, 0.2) is 12.2 Å². The molecular weight excluding hydrogens is 200 g/mol. The molecule has 92 valence electrons. The SMILES string of the molecule is CCCCC/C=C/C1(C2(C)OCCO2)CC1. The molecule has 0 N–H and O–H groups in total. The van der Waals surface area contributed by atoms with Crippen LogP contribution in [0.1, 0.15) is 52.4 Å². The Morgan fingerprint density at radius 1 is 1.12 bits per heavy atom. The zero-order valence-corrected chi connectivity index (χ0v) is 10.6. The van der Waals surface area contributed by atoms with Gasteiger partial charge in [0.15, 0.2) is 5.79 Å². The van der Waals surface area contributed by atoms with Gasteiger partial charge in [-0.3, -0.25) is 0 Å². The van der Waals surface area contributed by atoms with Crippen molar-refractivity contribution in [2.45, 2.75) is 58.2 Å². The van der Waals surface area contributed by atoms with E-state index in [4.69, 9.17) is 9.47 Å². The van der Waals surface area contributed by atoms with E-state index in [0.717, 1.165) is 13.2 Å². The summed E-state index contributed by atoms with van der Waals surface area (Å²) in [6.45, 7) is 5.85. The smallest absolute Gasteiger partial charge is 0.174 e. The van der Waals surface area contributed by atoms with Gasteiger partial charge in [-0.25, -0.2) is 0 Å². The first-order chi connectivity index (χ1) is 7.72. The lowest BCUT2D eigenvalue weighted by molar-refractivity contribution is -0.179. The molecule has 0 aromatic carbocycles. The van der Waals surface area contributed by atoms with Crippen LogP contribution in [-0.2, 0) is 9.47 Å². The minimum Gasteiger partial charge on any atom is -0.347 e. The van der Waals surface area contributed by atoms with Gasteiger partial charge < -0.3 is 9.47 Å². The molecule has 1 heterocycles. The van der Waals surface area contributed by atoms with Crippen molar-refractivity contribution in [3.63, 3.8) is 0 Å². The summed E-state index contributed by atoms with van der Waals surface area (Å²) < 4.78 is 11.5. The lowest BCUT2D eigenvalue weighted by Gasteiger charge is -2.30. The molecule has 0 amide bonds. The highest BCUT2D eigenvalue weighted by molar-refractivity contribution is 5.16. The molecule has 1 aliphatic heterocycles. The Bertz CT molecular complexity index is 247. The summed E-state index contributed by atoms with van der Waals surface area (Å²) in [5.41, 5.74) is 0.190. The highest BCUT2D eigenvalue weighted by atomic mass is 16.7. The second-order valence-electron chi connectivity index (χ2n) is 5.20. The van der Waals surface area contributed by atoms with E-state index in [1.807, 2.05) is 0 Å². The van der Waals surface area contributed by atoms with Gasteiger partial charge in [0.05, 0.1) is 13.2 Å². The molecule has 0 aromatic heterocycles. The van der Waals surface area contributed by atoms with Gasteiger partial charge in [0, 0.05) is 5.41 Å². The lowest BCUT2D eigenvalue weighted by atomic mass is 9.95. The first kappa shape index (κ1) is 12.1. The van der Waals surface area contributed by atoms with E-state index in [9.17, 15) is 0 Å². The number of rotatable bonds is 6. The molecule has 1 saturated carbocycles. The van der Waals surface area contributed by atoms with Crippen LogP contribution in [0.2, 0.25) is 0 Å². The summed E-state index contributed by atoms with van der Waals surface area (Å²) in [6.07, 6.45) is 12.3. The van der Waals surface area contributed by atoms with Gasteiger partial charge in [-0.2, -0.15) is 0 Å². The van der Waals surface area contributed by atoms with E-state index < -0.39 is 0 Å². The van der Waals surface area contributed by atoms with Crippen LogP contribution in [0.5, 0.6) is 0 Å². The molecule has 16 heavy (non-hydrogen) atoms. The van der Waals surface area contributed by atoms with Gasteiger partial charge in [0.25, 0.3) is 0 Å². The Kier molecular flexibility index (Phi) is 3.70. The predicted octanol–water partition coefficient (Wildman–Crippen LogP) is 3.67. The standard InChI is InChI=1S/C14H24O2/c1-3-4-5-6-7-8-14(9-10-14)13(2)15-11-12-16-13/h7-8H,3-6,9-12H2,1-2H3/b8-7+. The molecule has 0 radical (unpaired) electrons. The maximum absolute atomic E-state index is 5.77. The van der Waals surface area contributed by atoms with E-state index in [1.165, 1.54) is 38.5 Å². The zero-order valence-electron chi connectivity index (χ0n) is 10.6. The molecule has 0 unspecified atom stereocenters. The topological polar surface area (TPSA) is 18.5 Å². The van der Waals surface area contributed by atoms with Crippen molar-refractivity contribution in [3.05, 3.63) is 12.2 Å². The number of ether oxygens (including phenoxy) is 2. The van der Waals surface area contributed by atoms with Crippen molar-refractivity contribution in [1.29, 1.82) is 0 Å². The number of unbranched alkanes of at least 4 members (excludes halogenated alkanes) is 3. The predicted molar refractivity (Wildman–Crippen MR) is 65.3 cm³/mol. The van der Waals surface area contributed by atoms with Gasteiger partial charge >= 0.3 is 0 Å². The summed E-state index contributed by atoms with van der Waals surface area (Å²) in [5, 5.41) is 0. The first-order valence-electron chi connectivity index (χ1n) is 6.68. The maximum atomic E-state index is 5.77. The molecule has 1 aliphatic carbocycles. The quantitative estimate of drug-likeness (QED) is 0.506. The van der Waals surface area contributed by atoms with Crippen molar-refractivity contribution in [1.82, 2.24) is 0 Å². The van der Waals surface area contributed by atoms with E-state index in [1.54, 1.807) is 0 Å². The van der Waals surface area contributed by atoms with Crippen LogP contribution >= 0.6 is 0 Å². The Morgan fingerprint density at radius 2 is 1.81 bits per heavy atom. The van der Waals surface area contributed by atoms with E-state index >= 15 is 0 Å². The molecule has 2 nitrogen and oxygen atoms in total. The Balaban J connectivity index is 1.83. The van der Waals surface area contributed by atoms with Gasteiger partial charge in [-0.15, -0.1) is 0 Å². The minimum atomic E-state index is -0.339. The molecule has 0 bridgehead atoms. The molecular formula is C14H24O2. The maximum Gasteiger partial charge on any atom is 0.174 e. The molecule has 0 spiro atoms. The third kappa shape index (κ3) is 2.33. The fourth-order valence-corrected chi connectivity index (χ4v) is 2.53. The monoisotopic (exact) mass is 224 g/mol. The fraction of sp³-hybridized carbons (Fsp3) is 0.857. The number of hydrogen-bond donors (Lipinski definition) is 0. The fourth-order valence-electron chi connectivity index (χ4n) is 2.53. The van der Waals surface area contributed by atoms with Crippen LogP contribution in [-0.4, -0.2) is 19.0 Å². The molecule has 2 rings (SSSR count). The van der Waals surface area contributed by atoms with Crippen molar-refractivity contribution in [2.75, 3.05) is 13.2 Å². The van der Waals surface area contributed by atoms with Crippen LogP contribution < -0.4 is 0 Å². The van der Waals surface area contributed by atoms with Gasteiger partial charge in [-0.1, -0.05) is 31.9 Å². The van der Waals surface area contributed by atoms with Gasteiger partial charge in [0.1, 0.15) is 0 Å². The lowest BCUT2D eigenvalue weighted by Crippen LogP contribution is -2.36. The molecule has 2 heteroatoms.